The van der Waals surface area contributed by atoms with Gasteiger partial charge in [-0.3, -0.25) is 4.79 Å². The second-order valence-electron chi connectivity index (χ2n) is 4.30. The van der Waals surface area contributed by atoms with Crippen LogP contribution >= 0.6 is 0 Å². The van der Waals surface area contributed by atoms with Gasteiger partial charge in [-0.2, -0.15) is 0 Å². The highest BCUT2D eigenvalue weighted by molar-refractivity contribution is 5.78. The molecule has 88 valence electrons. The predicted molar refractivity (Wildman–Crippen MR) is 66.3 cm³/mol. The molecule has 3 nitrogen and oxygen atoms in total. The van der Waals surface area contributed by atoms with E-state index in [0.29, 0.717) is 13.0 Å². The molecule has 0 heterocycles. The van der Waals surface area contributed by atoms with Crippen LogP contribution in [0.1, 0.15) is 23.6 Å². The van der Waals surface area contributed by atoms with Crippen LogP contribution in [0.5, 0.6) is 0 Å². The van der Waals surface area contributed by atoms with Crippen molar-refractivity contribution in [3.8, 4) is 0 Å². The SMILES string of the molecule is Cc1ccc(CC(=O)NC(C)CN)cc1C. The number of nitrogens with one attached hydrogen (secondary N) is 1. The van der Waals surface area contributed by atoms with Crippen molar-refractivity contribution in [3.63, 3.8) is 0 Å². The van der Waals surface area contributed by atoms with Crippen molar-refractivity contribution in [1.82, 2.24) is 5.32 Å². The Morgan fingerprint density at radius 3 is 2.62 bits per heavy atom. The number of benzene rings is 1. The summed E-state index contributed by atoms with van der Waals surface area (Å²) in [4.78, 5) is 11.6. The molecule has 0 aromatic heterocycles. The van der Waals surface area contributed by atoms with Gasteiger partial charge in [-0.1, -0.05) is 18.2 Å². The second-order valence-corrected chi connectivity index (χ2v) is 4.30. The highest BCUT2D eigenvalue weighted by Gasteiger charge is 2.07. The summed E-state index contributed by atoms with van der Waals surface area (Å²) in [6.45, 7) is 6.49. The third-order valence-corrected chi connectivity index (χ3v) is 2.70. The van der Waals surface area contributed by atoms with E-state index in [-0.39, 0.29) is 11.9 Å². The lowest BCUT2D eigenvalue weighted by molar-refractivity contribution is -0.120. The van der Waals surface area contributed by atoms with Gasteiger partial charge < -0.3 is 11.1 Å². The summed E-state index contributed by atoms with van der Waals surface area (Å²) in [5.74, 6) is 0.0289. The number of nitrogens with two attached hydrogens (primary N) is 1. The molecule has 3 heteroatoms. The summed E-state index contributed by atoms with van der Waals surface area (Å²) < 4.78 is 0. The molecule has 0 aliphatic carbocycles. The molecular weight excluding hydrogens is 200 g/mol. The van der Waals surface area contributed by atoms with Crippen LogP contribution in [0.25, 0.3) is 0 Å². The monoisotopic (exact) mass is 220 g/mol. The van der Waals surface area contributed by atoms with Crippen molar-refractivity contribution in [2.75, 3.05) is 6.54 Å². The first kappa shape index (κ1) is 12.7. The molecule has 3 N–H and O–H groups in total. The van der Waals surface area contributed by atoms with Crippen LogP contribution in [0.3, 0.4) is 0 Å². The zero-order chi connectivity index (χ0) is 12.1. The van der Waals surface area contributed by atoms with Crippen molar-refractivity contribution in [2.45, 2.75) is 33.2 Å². The first-order valence-electron chi connectivity index (χ1n) is 5.58. The average Bonchev–Trinajstić information content (AvgIpc) is 2.23. The van der Waals surface area contributed by atoms with Gasteiger partial charge >= 0.3 is 0 Å². The number of carbonyl (C=O) groups is 1. The Labute approximate surface area is 97.0 Å². The molecule has 0 spiro atoms. The Bertz CT molecular complexity index is 374. The molecule has 0 aliphatic rings. The molecule has 0 bridgehead atoms. The van der Waals surface area contributed by atoms with E-state index in [1.807, 2.05) is 19.1 Å². The van der Waals surface area contributed by atoms with Crippen LogP contribution in [0.15, 0.2) is 18.2 Å². The zero-order valence-corrected chi connectivity index (χ0v) is 10.2. The molecular formula is C13H20N2O. The molecule has 1 aromatic rings. The van der Waals surface area contributed by atoms with Gasteiger partial charge in [0.2, 0.25) is 5.91 Å². The summed E-state index contributed by atoms with van der Waals surface area (Å²) >= 11 is 0. The fourth-order valence-electron chi connectivity index (χ4n) is 1.48. The van der Waals surface area contributed by atoms with Crippen molar-refractivity contribution in [3.05, 3.63) is 34.9 Å². The minimum atomic E-state index is 0.0289. The van der Waals surface area contributed by atoms with Gasteiger partial charge in [0, 0.05) is 12.6 Å². The van der Waals surface area contributed by atoms with Crippen molar-refractivity contribution < 1.29 is 4.79 Å². The zero-order valence-electron chi connectivity index (χ0n) is 10.2. The van der Waals surface area contributed by atoms with Crippen LogP contribution in [-0.2, 0) is 11.2 Å². The number of amides is 1. The average molecular weight is 220 g/mol. The van der Waals surface area contributed by atoms with E-state index in [1.54, 1.807) is 0 Å². The van der Waals surface area contributed by atoms with Gasteiger partial charge in [-0.05, 0) is 37.5 Å². The smallest absolute Gasteiger partial charge is 0.224 e. The van der Waals surface area contributed by atoms with E-state index in [0.717, 1.165) is 5.56 Å². The number of hydrogen-bond acceptors (Lipinski definition) is 2. The maximum Gasteiger partial charge on any atom is 0.224 e. The standard InChI is InChI=1S/C13H20N2O/c1-9-4-5-12(6-10(9)2)7-13(16)15-11(3)8-14/h4-6,11H,7-8,14H2,1-3H3,(H,15,16). The molecule has 1 aromatic carbocycles. The van der Waals surface area contributed by atoms with E-state index in [1.165, 1.54) is 11.1 Å². The fourth-order valence-corrected chi connectivity index (χ4v) is 1.48. The van der Waals surface area contributed by atoms with Crippen LogP contribution in [-0.4, -0.2) is 18.5 Å². The normalized spacial score (nSPS) is 12.2. The van der Waals surface area contributed by atoms with Crippen LogP contribution in [0.4, 0.5) is 0 Å². The Morgan fingerprint density at radius 2 is 2.06 bits per heavy atom. The third-order valence-electron chi connectivity index (χ3n) is 2.70. The molecule has 1 unspecified atom stereocenters. The molecule has 0 radical (unpaired) electrons. The largest absolute Gasteiger partial charge is 0.352 e. The molecule has 16 heavy (non-hydrogen) atoms. The van der Waals surface area contributed by atoms with E-state index >= 15 is 0 Å². The maximum absolute atomic E-state index is 11.6. The van der Waals surface area contributed by atoms with E-state index in [9.17, 15) is 4.79 Å². The van der Waals surface area contributed by atoms with Crippen molar-refractivity contribution >= 4 is 5.91 Å². The molecule has 0 saturated carbocycles. The lowest BCUT2D eigenvalue weighted by Gasteiger charge is -2.11. The lowest BCUT2D eigenvalue weighted by atomic mass is 10.0. The molecule has 1 atom stereocenters. The summed E-state index contributed by atoms with van der Waals surface area (Å²) in [6.07, 6.45) is 0.422. The van der Waals surface area contributed by atoms with E-state index in [2.05, 4.69) is 25.2 Å². The van der Waals surface area contributed by atoms with Gasteiger partial charge in [0.15, 0.2) is 0 Å². The summed E-state index contributed by atoms with van der Waals surface area (Å²) in [5, 5.41) is 2.85. The Morgan fingerprint density at radius 1 is 1.38 bits per heavy atom. The number of hydrogen-bond donors (Lipinski definition) is 2. The first-order chi connectivity index (χ1) is 7.52. The molecule has 0 aliphatic heterocycles. The van der Waals surface area contributed by atoms with Gasteiger partial charge in [0.1, 0.15) is 0 Å². The van der Waals surface area contributed by atoms with E-state index < -0.39 is 0 Å². The fraction of sp³-hybridized carbons (Fsp3) is 0.462. The molecule has 0 fully saturated rings. The van der Waals surface area contributed by atoms with Crippen LogP contribution < -0.4 is 11.1 Å². The molecule has 1 amide bonds. The minimum absolute atomic E-state index is 0.0289. The Balaban J connectivity index is 2.59. The van der Waals surface area contributed by atoms with E-state index in [4.69, 9.17) is 5.73 Å². The third kappa shape index (κ3) is 3.66. The van der Waals surface area contributed by atoms with Gasteiger partial charge in [-0.15, -0.1) is 0 Å². The molecule has 0 saturated heterocycles. The number of rotatable bonds is 4. The van der Waals surface area contributed by atoms with Gasteiger partial charge in [0.25, 0.3) is 0 Å². The highest BCUT2D eigenvalue weighted by Crippen LogP contribution is 2.10. The molecule has 1 rings (SSSR count). The topological polar surface area (TPSA) is 55.1 Å². The van der Waals surface area contributed by atoms with Crippen LogP contribution in [0.2, 0.25) is 0 Å². The van der Waals surface area contributed by atoms with Crippen molar-refractivity contribution in [1.29, 1.82) is 0 Å². The lowest BCUT2D eigenvalue weighted by Crippen LogP contribution is -2.38. The predicted octanol–water partition coefficient (Wildman–Crippen LogP) is 1.31. The summed E-state index contributed by atoms with van der Waals surface area (Å²) in [6, 6.07) is 6.14. The number of aryl methyl sites for hydroxylation is 2. The number of carbonyl (C=O) groups excluding carboxylic acids is 1. The van der Waals surface area contributed by atoms with Gasteiger partial charge in [0.05, 0.1) is 6.42 Å². The Hall–Kier alpha value is -1.35. The van der Waals surface area contributed by atoms with Crippen molar-refractivity contribution in [2.24, 2.45) is 5.73 Å². The second kappa shape index (κ2) is 5.66. The van der Waals surface area contributed by atoms with Gasteiger partial charge in [-0.25, -0.2) is 0 Å². The summed E-state index contributed by atoms with van der Waals surface area (Å²) in [7, 11) is 0. The highest BCUT2D eigenvalue weighted by atomic mass is 16.1. The van der Waals surface area contributed by atoms with Crippen LogP contribution in [0, 0.1) is 13.8 Å². The Kier molecular flexibility index (Phi) is 4.50. The minimum Gasteiger partial charge on any atom is -0.352 e. The first-order valence-corrected chi connectivity index (χ1v) is 5.58. The quantitative estimate of drug-likeness (QED) is 0.804. The summed E-state index contributed by atoms with van der Waals surface area (Å²) in [5.41, 5.74) is 8.96. The maximum atomic E-state index is 11.6.